The topological polar surface area (TPSA) is 35.5 Å². The van der Waals surface area contributed by atoms with E-state index in [4.69, 9.17) is 4.74 Å². The van der Waals surface area contributed by atoms with Crippen molar-refractivity contribution in [1.29, 1.82) is 0 Å². The first kappa shape index (κ1) is 14.2. The van der Waals surface area contributed by atoms with Crippen LogP contribution in [-0.2, 0) is 14.3 Å². The summed E-state index contributed by atoms with van der Waals surface area (Å²) < 4.78 is 10.4. The average molecular weight is 240 g/mol. The van der Waals surface area contributed by atoms with Gasteiger partial charge >= 0.3 is 5.97 Å². The molecule has 0 amide bonds. The Morgan fingerprint density at radius 1 is 1.24 bits per heavy atom. The quantitative estimate of drug-likeness (QED) is 0.560. The molecule has 98 valence electrons. The molecule has 1 fully saturated rings. The minimum atomic E-state index is -0.279. The number of ether oxygens (including phenoxy) is 2. The minimum Gasteiger partial charge on any atom is -0.466 e. The van der Waals surface area contributed by atoms with E-state index in [2.05, 4.69) is 18.6 Å². The number of esters is 1. The van der Waals surface area contributed by atoms with Gasteiger partial charge in [0, 0.05) is 5.57 Å². The van der Waals surface area contributed by atoms with E-state index >= 15 is 0 Å². The van der Waals surface area contributed by atoms with Gasteiger partial charge in [-0.25, -0.2) is 4.79 Å². The van der Waals surface area contributed by atoms with E-state index in [1.54, 1.807) is 13.0 Å². The van der Waals surface area contributed by atoms with Gasteiger partial charge in [0.25, 0.3) is 0 Å². The first-order chi connectivity index (χ1) is 8.02. The molecule has 0 aromatic carbocycles. The second kappa shape index (κ2) is 6.80. The van der Waals surface area contributed by atoms with Crippen LogP contribution in [-0.4, -0.2) is 25.8 Å². The standard InChI is InChI=1S/C14H24O3/c1-10-7-11(2)9-13(8-10)17-6-5-12(3)14(15)16-4/h5,10-11,13H,6-9H2,1-4H3. The molecule has 2 unspecified atom stereocenters. The van der Waals surface area contributed by atoms with E-state index in [1.165, 1.54) is 13.5 Å². The van der Waals surface area contributed by atoms with Gasteiger partial charge in [-0.05, 0) is 44.1 Å². The Balaban J connectivity index is 2.33. The molecule has 1 aliphatic rings. The molecule has 0 N–H and O–H groups in total. The molecule has 1 saturated carbocycles. The number of methoxy groups -OCH3 is 1. The van der Waals surface area contributed by atoms with Gasteiger partial charge in [-0.3, -0.25) is 0 Å². The van der Waals surface area contributed by atoms with Crippen LogP contribution in [0.2, 0.25) is 0 Å². The van der Waals surface area contributed by atoms with Crippen LogP contribution in [0.1, 0.15) is 40.0 Å². The summed E-state index contributed by atoms with van der Waals surface area (Å²) in [4.78, 5) is 11.2. The highest BCUT2D eigenvalue weighted by molar-refractivity contribution is 5.87. The molecule has 0 saturated heterocycles. The van der Waals surface area contributed by atoms with Crippen molar-refractivity contribution in [3.8, 4) is 0 Å². The summed E-state index contributed by atoms with van der Waals surface area (Å²) in [6.45, 7) is 6.81. The van der Waals surface area contributed by atoms with Crippen molar-refractivity contribution in [2.45, 2.75) is 46.1 Å². The Labute approximate surface area is 104 Å². The van der Waals surface area contributed by atoms with Gasteiger partial charge < -0.3 is 9.47 Å². The Morgan fingerprint density at radius 3 is 2.35 bits per heavy atom. The number of hydrogen-bond acceptors (Lipinski definition) is 3. The number of rotatable bonds is 4. The Bertz CT molecular complexity index is 273. The van der Waals surface area contributed by atoms with Crippen molar-refractivity contribution in [3.63, 3.8) is 0 Å². The largest absolute Gasteiger partial charge is 0.466 e. The van der Waals surface area contributed by atoms with Crippen LogP contribution in [0, 0.1) is 11.8 Å². The minimum absolute atomic E-state index is 0.279. The molecule has 3 heteroatoms. The van der Waals surface area contributed by atoms with Gasteiger partial charge in [-0.2, -0.15) is 0 Å². The van der Waals surface area contributed by atoms with Crippen molar-refractivity contribution >= 4 is 5.97 Å². The number of carbonyl (C=O) groups is 1. The molecule has 0 spiro atoms. The summed E-state index contributed by atoms with van der Waals surface area (Å²) in [5, 5.41) is 0. The van der Waals surface area contributed by atoms with E-state index in [-0.39, 0.29) is 5.97 Å². The summed E-state index contributed by atoms with van der Waals surface area (Å²) >= 11 is 0. The Hall–Kier alpha value is -0.830. The zero-order valence-corrected chi connectivity index (χ0v) is 11.4. The first-order valence-electron chi connectivity index (χ1n) is 6.39. The zero-order chi connectivity index (χ0) is 12.8. The van der Waals surface area contributed by atoms with E-state index in [9.17, 15) is 4.79 Å². The van der Waals surface area contributed by atoms with Gasteiger partial charge in [-0.15, -0.1) is 0 Å². The van der Waals surface area contributed by atoms with Crippen molar-refractivity contribution < 1.29 is 14.3 Å². The van der Waals surface area contributed by atoms with Crippen LogP contribution < -0.4 is 0 Å². The lowest BCUT2D eigenvalue weighted by Crippen LogP contribution is -2.26. The third-order valence-electron chi connectivity index (χ3n) is 3.36. The normalized spacial score (nSPS) is 30.1. The fourth-order valence-electron chi connectivity index (χ4n) is 2.56. The fraction of sp³-hybridized carbons (Fsp3) is 0.786. The molecule has 2 atom stereocenters. The molecule has 0 aromatic rings. The van der Waals surface area contributed by atoms with E-state index in [1.807, 2.05) is 0 Å². The molecule has 0 radical (unpaired) electrons. The summed E-state index contributed by atoms with van der Waals surface area (Å²) in [6, 6.07) is 0. The highest BCUT2D eigenvalue weighted by atomic mass is 16.5. The predicted molar refractivity (Wildman–Crippen MR) is 67.7 cm³/mol. The number of hydrogen-bond donors (Lipinski definition) is 0. The van der Waals surface area contributed by atoms with Crippen LogP contribution >= 0.6 is 0 Å². The van der Waals surface area contributed by atoms with E-state index in [0.29, 0.717) is 18.3 Å². The second-order valence-corrected chi connectivity index (χ2v) is 5.25. The lowest BCUT2D eigenvalue weighted by molar-refractivity contribution is -0.136. The van der Waals surface area contributed by atoms with Crippen LogP contribution in [0.5, 0.6) is 0 Å². The number of carbonyl (C=O) groups excluding carboxylic acids is 1. The van der Waals surface area contributed by atoms with Gasteiger partial charge in [-0.1, -0.05) is 13.8 Å². The highest BCUT2D eigenvalue weighted by Gasteiger charge is 2.23. The second-order valence-electron chi connectivity index (χ2n) is 5.25. The third-order valence-corrected chi connectivity index (χ3v) is 3.36. The smallest absolute Gasteiger partial charge is 0.333 e. The maximum Gasteiger partial charge on any atom is 0.333 e. The fourth-order valence-corrected chi connectivity index (χ4v) is 2.56. The molecule has 0 bridgehead atoms. The van der Waals surface area contributed by atoms with Crippen molar-refractivity contribution in [3.05, 3.63) is 11.6 Å². The monoisotopic (exact) mass is 240 g/mol. The van der Waals surface area contributed by atoms with E-state index in [0.717, 1.165) is 24.7 Å². The lowest BCUT2D eigenvalue weighted by Gasteiger charge is -2.31. The summed E-state index contributed by atoms with van der Waals surface area (Å²) in [5.74, 6) is 1.21. The Morgan fingerprint density at radius 2 is 1.82 bits per heavy atom. The predicted octanol–water partition coefficient (Wildman–Crippen LogP) is 2.95. The molecule has 0 aliphatic heterocycles. The average Bonchev–Trinajstić information content (AvgIpc) is 2.26. The van der Waals surface area contributed by atoms with Crippen molar-refractivity contribution in [2.75, 3.05) is 13.7 Å². The van der Waals surface area contributed by atoms with Gasteiger partial charge in [0.05, 0.1) is 19.8 Å². The van der Waals surface area contributed by atoms with Gasteiger partial charge in [0.2, 0.25) is 0 Å². The molecule has 1 rings (SSSR count). The van der Waals surface area contributed by atoms with E-state index < -0.39 is 0 Å². The summed E-state index contributed by atoms with van der Waals surface area (Å²) in [7, 11) is 1.39. The molecule has 1 aliphatic carbocycles. The molecule has 17 heavy (non-hydrogen) atoms. The van der Waals surface area contributed by atoms with Crippen molar-refractivity contribution in [1.82, 2.24) is 0 Å². The van der Waals surface area contributed by atoms with Gasteiger partial charge in [0.1, 0.15) is 0 Å². The van der Waals surface area contributed by atoms with Gasteiger partial charge in [0.15, 0.2) is 0 Å². The zero-order valence-electron chi connectivity index (χ0n) is 11.4. The molecule has 3 nitrogen and oxygen atoms in total. The SMILES string of the molecule is COC(=O)C(C)=CCOC1CC(C)CC(C)C1. The van der Waals surface area contributed by atoms with Crippen LogP contribution in [0.4, 0.5) is 0 Å². The third kappa shape index (κ3) is 4.90. The maximum atomic E-state index is 11.2. The lowest BCUT2D eigenvalue weighted by atomic mass is 9.82. The molecular weight excluding hydrogens is 216 g/mol. The van der Waals surface area contributed by atoms with Crippen LogP contribution in [0.15, 0.2) is 11.6 Å². The molecular formula is C14H24O3. The van der Waals surface area contributed by atoms with Crippen LogP contribution in [0.3, 0.4) is 0 Å². The summed E-state index contributed by atoms with van der Waals surface area (Å²) in [5.41, 5.74) is 0.615. The highest BCUT2D eigenvalue weighted by Crippen LogP contribution is 2.30. The first-order valence-corrected chi connectivity index (χ1v) is 6.39. The maximum absolute atomic E-state index is 11.2. The summed E-state index contributed by atoms with van der Waals surface area (Å²) in [6.07, 6.45) is 5.72. The van der Waals surface area contributed by atoms with Crippen molar-refractivity contribution in [2.24, 2.45) is 11.8 Å². The Kier molecular flexibility index (Phi) is 5.69. The van der Waals surface area contributed by atoms with Crippen LogP contribution in [0.25, 0.3) is 0 Å². The molecule has 0 aromatic heterocycles. The molecule has 0 heterocycles.